The normalized spacial score (nSPS) is 8.88. The first-order valence-corrected chi connectivity index (χ1v) is 7.29. The van der Waals surface area contributed by atoms with Crippen LogP contribution in [-0.4, -0.2) is 0 Å². The van der Waals surface area contributed by atoms with Crippen molar-refractivity contribution < 1.29 is 51.0 Å². The zero-order chi connectivity index (χ0) is 14.5. The maximum absolute atomic E-state index is 5.88. The number of benzene rings is 2. The first-order valence-electron chi connectivity index (χ1n) is 6.91. The quantitative estimate of drug-likeness (QED) is 0.364. The van der Waals surface area contributed by atoms with Crippen LogP contribution in [0.5, 0.6) is 0 Å². The molecule has 0 saturated carbocycles. The van der Waals surface area contributed by atoms with Crippen LogP contribution in [0.1, 0.15) is 0 Å². The van der Waals surface area contributed by atoms with Gasteiger partial charge in [-0.25, -0.2) is 12.1 Å². The van der Waals surface area contributed by atoms with Gasteiger partial charge >= 0.3 is 26.2 Å². The Morgan fingerprint density at radius 3 is 1.92 bits per heavy atom. The van der Waals surface area contributed by atoms with Gasteiger partial charge in [0.2, 0.25) is 0 Å². The number of hydrogen-bond acceptors (Lipinski definition) is 0. The van der Waals surface area contributed by atoms with Gasteiger partial charge < -0.3 is 24.8 Å². The van der Waals surface area contributed by atoms with Gasteiger partial charge in [-0.3, -0.25) is 0 Å². The molecule has 4 rings (SSSR count). The summed E-state index contributed by atoms with van der Waals surface area (Å²) in [6.45, 7) is 0. The van der Waals surface area contributed by atoms with Gasteiger partial charge in [0.05, 0.1) is 0 Å². The average molecular weight is 453 g/mol. The van der Waals surface area contributed by atoms with Crippen molar-refractivity contribution in [2.24, 2.45) is 0 Å². The first kappa shape index (κ1) is 23.2. The summed E-state index contributed by atoms with van der Waals surface area (Å²) < 4.78 is 0. The molecule has 0 heterocycles. The van der Waals surface area contributed by atoms with E-state index < -0.39 is 0 Å². The second-order valence-corrected chi connectivity index (χ2v) is 5.28. The van der Waals surface area contributed by atoms with Gasteiger partial charge in [0.1, 0.15) is 0 Å². The summed E-state index contributed by atoms with van der Waals surface area (Å²) in [5.74, 6) is 0. The minimum Gasteiger partial charge on any atom is -1.00 e. The molecule has 0 N–H and O–H groups in total. The van der Waals surface area contributed by atoms with E-state index in [4.69, 9.17) is 11.6 Å². The molecule has 4 aromatic carbocycles. The van der Waals surface area contributed by atoms with Crippen molar-refractivity contribution in [1.82, 2.24) is 0 Å². The molecule has 0 aromatic heterocycles. The molecule has 0 saturated heterocycles. The summed E-state index contributed by atoms with van der Waals surface area (Å²) in [7, 11) is 0. The third kappa shape index (κ3) is 6.22. The average Bonchev–Trinajstić information content (AvgIpc) is 3.20. The van der Waals surface area contributed by atoms with Crippen LogP contribution in [0.3, 0.4) is 0 Å². The molecule has 0 unspecified atom stereocenters. The van der Waals surface area contributed by atoms with E-state index in [0.29, 0.717) is 0 Å². The summed E-state index contributed by atoms with van der Waals surface area (Å²) in [6, 6.07) is 30.8. The molecule has 0 bridgehead atoms. The Hall–Kier alpha value is -0.847. The fraction of sp³-hybridized carbons (Fsp3) is 0. The summed E-state index contributed by atoms with van der Waals surface area (Å²) in [6.07, 6.45) is 0. The molecule has 120 valence electrons. The van der Waals surface area contributed by atoms with Crippen molar-refractivity contribution in [2.45, 2.75) is 0 Å². The number of hydrogen-bond donors (Lipinski definition) is 0. The molecule has 0 spiro atoms. The Labute approximate surface area is 179 Å². The number of fused-ring (bicyclic) bond motifs is 1. The van der Waals surface area contributed by atoms with Gasteiger partial charge in [0.25, 0.3) is 0 Å². The third-order valence-corrected chi connectivity index (χ3v) is 3.60. The maximum atomic E-state index is 5.88. The predicted octanol–water partition coefficient (Wildman–Crippen LogP) is 0.290. The molecule has 0 aliphatic carbocycles. The third-order valence-electron chi connectivity index (χ3n) is 3.35. The molecule has 0 aliphatic heterocycles. The van der Waals surface area contributed by atoms with Crippen LogP contribution in [0.25, 0.3) is 21.9 Å². The number of rotatable bonds is 1. The second-order valence-electron chi connectivity index (χ2n) is 4.84. The fourth-order valence-electron chi connectivity index (χ4n) is 2.28. The van der Waals surface area contributed by atoms with E-state index in [2.05, 4.69) is 48.5 Å². The van der Waals surface area contributed by atoms with Crippen LogP contribution in [0, 0.1) is 0 Å². The van der Waals surface area contributed by atoms with Crippen LogP contribution in [0.4, 0.5) is 0 Å². The van der Waals surface area contributed by atoms with Gasteiger partial charge in [-0.2, -0.15) is 18.2 Å². The molecule has 0 aliphatic rings. The van der Waals surface area contributed by atoms with Gasteiger partial charge in [-0.05, 0) is 0 Å². The van der Waals surface area contributed by atoms with Crippen LogP contribution >= 0.6 is 11.6 Å². The van der Waals surface area contributed by atoms with E-state index in [9.17, 15) is 0 Å². The van der Waals surface area contributed by atoms with Crippen molar-refractivity contribution >= 4 is 22.4 Å². The monoisotopic (exact) mass is 450 g/mol. The van der Waals surface area contributed by atoms with E-state index in [1.807, 2.05) is 42.5 Å². The van der Waals surface area contributed by atoms with E-state index in [1.165, 1.54) is 21.9 Å². The Kier molecular flexibility index (Phi) is 11.3. The standard InChI is InChI=1S/C15H10Cl.C5H5.2ClH.Zr/c16-15-7-5-11(6-8-15)14-9-12-3-1-2-4-13(12)10-14;1-2-4-5-3-1;;;/h1-10H;1-5H;2*1H;/q2*-1;;;+4/p-2. The summed E-state index contributed by atoms with van der Waals surface area (Å²) in [4.78, 5) is 0. The zero-order valence-corrected chi connectivity index (χ0v) is 17.5. The van der Waals surface area contributed by atoms with Gasteiger partial charge in [0, 0.05) is 5.02 Å². The van der Waals surface area contributed by atoms with Crippen molar-refractivity contribution in [3.05, 3.63) is 96.0 Å². The zero-order valence-electron chi connectivity index (χ0n) is 12.8. The molecule has 0 fully saturated rings. The molecular weight excluding hydrogens is 438 g/mol. The minimum atomic E-state index is 0. The van der Waals surface area contributed by atoms with Crippen LogP contribution in [0.2, 0.25) is 5.02 Å². The Bertz CT molecular complexity index is 752. The largest absolute Gasteiger partial charge is 4.00 e. The molecule has 0 radical (unpaired) electrons. The molecule has 4 heteroatoms. The minimum absolute atomic E-state index is 0. The maximum Gasteiger partial charge on any atom is 4.00 e. The molecular formula is C20H15Cl3Zr. The molecule has 0 nitrogen and oxygen atoms in total. The summed E-state index contributed by atoms with van der Waals surface area (Å²) in [5.41, 5.74) is 2.46. The predicted molar refractivity (Wildman–Crippen MR) is 92.0 cm³/mol. The molecule has 0 amide bonds. The molecule has 0 atom stereocenters. The Morgan fingerprint density at radius 2 is 1.38 bits per heavy atom. The van der Waals surface area contributed by atoms with E-state index in [-0.39, 0.29) is 51.0 Å². The van der Waals surface area contributed by atoms with E-state index in [0.717, 1.165) is 5.02 Å². The molecule has 4 aromatic rings. The van der Waals surface area contributed by atoms with E-state index in [1.54, 1.807) is 0 Å². The van der Waals surface area contributed by atoms with Gasteiger partial charge in [-0.15, -0.1) is 34.5 Å². The van der Waals surface area contributed by atoms with Crippen molar-refractivity contribution in [1.29, 1.82) is 0 Å². The summed E-state index contributed by atoms with van der Waals surface area (Å²) in [5, 5.41) is 3.35. The van der Waals surface area contributed by atoms with Crippen molar-refractivity contribution in [3.8, 4) is 11.1 Å². The number of halogens is 3. The first-order chi connectivity index (χ1) is 10.3. The van der Waals surface area contributed by atoms with Gasteiger partial charge in [-0.1, -0.05) is 59.6 Å². The Balaban J connectivity index is 0.000000578. The smallest absolute Gasteiger partial charge is 1.00 e. The van der Waals surface area contributed by atoms with E-state index >= 15 is 0 Å². The SMILES string of the molecule is Clc1ccc(-c2cc3ccccc3[cH-]2)cc1.[Cl-].[Cl-].[Zr+4].c1cc[cH-]c1. The van der Waals surface area contributed by atoms with Crippen LogP contribution < -0.4 is 24.8 Å². The molecule has 24 heavy (non-hydrogen) atoms. The second kappa shape index (κ2) is 11.7. The van der Waals surface area contributed by atoms with Crippen LogP contribution in [0.15, 0.2) is 91.0 Å². The van der Waals surface area contributed by atoms with Gasteiger partial charge in [0.15, 0.2) is 0 Å². The topological polar surface area (TPSA) is 0 Å². The Morgan fingerprint density at radius 1 is 0.750 bits per heavy atom. The summed E-state index contributed by atoms with van der Waals surface area (Å²) >= 11 is 5.88. The fourth-order valence-corrected chi connectivity index (χ4v) is 2.41. The van der Waals surface area contributed by atoms with Crippen LogP contribution in [-0.2, 0) is 26.2 Å². The van der Waals surface area contributed by atoms with Crippen molar-refractivity contribution in [3.63, 3.8) is 0 Å². The van der Waals surface area contributed by atoms with Crippen molar-refractivity contribution in [2.75, 3.05) is 0 Å².